The molecule has 0 heterocycles. The molecule has 2 N–H and O–H groups in total. The second-order valence-corrected chi connectivity index (χ2v) is 4.81. The van der Waals surface area contributed by atoms with Crippen LogP contribution in [0.15, 0.2) is 24.3 Å². The maximum Gasteiger partial charge on any atom is 0.303 e. The zero-order valence-electron chi connectivity index (χ0n) is 11.9. The van der Waals surface area contributed by atoms with Gasteiger partial charge < -0.3 is 15.2 Å². The molecule has 0 saturated heterocycles. The zero-order chi connectivity index (χ0) is 15.0. The van der Waals surface area contributed by atoms with Gasteiger partial charge in [-0.3, -0.25) is 9.59 Å². The molecule has 1 rings (SSSR count). The first kappa shape index (κ1) is 16.0. The molecule has 0 atom stereocenters. The highest BCUT2D eigenvalue weighted by molar-refractivity contribution is 5.92. The number of ether oxygens (including phenoxy) is 1. The predicted molar refractivity (Wildman–Crippen MR) is 76.9 cm³/mol. The number of hydrogen-bond donors (Lipinski definition) is 2. The van der Waals surface area contributed by atoms with Gasteiger partial charge in [0.05, 0.1) is 11.8 Å². The smallest absolute Gasteiger partial charge is 0.303 e. The summed E-state index contributed by atoms with van der Waals surface area (Å²) >= 11 is 0. The van der Waals surface area contributed by atoms with E-state index in [0.29, 0.717) is 30.7 Å². The van der Waals surface area contributed by atoms with Gasteiger partial charge in [-0.15, -0.1) is 0 Å². The van der Waals surface area contributed by atoms with E-state index in [0.717, 1.165) is 0 Å². The number of nitrogens with one attached hydrogen (secondary N) is 1. The third kappa shape index (κ3) is 6.22. The number of aliphatic carboxylic acids is 1. The van der Waals surface area contributed by atoms with Crippen molar-refractivity contribution in [2.45, 2.75) is 45.6 Å². The lowest BCUT2D eigenvalue weighted by atomic mass is 10.2. The standard InChI is InChI=1S/C15H21NO4/c1-11(2)20-13-8-4-3-7-12(13)16-14(17)9-5-6-10-15(18)19/h3-4,7-8,11H,5-6,9-10H2,1-2H3,(H,16,17)(H,18,19). The number of benzene rings is 1. The minimum Gasteiger partial charge on any atom is -0.489 e. The molecule has 0 spiro atoms. The molecule has 0 fully saturated rings. The molecule has 5 heteroatoms. The van der Waals surface area contributed by atoms with Crippen molar-refractivity contribution in [2.24, 2.45) is 0 Å². The van der Waals surface area contributed by atoms with Crippen molar-refractivity contribution in [3.8, 4) is 5.75 Å². The molecule has 0 radical (unpaired) electrons. The predicted octanol–water partition coefficient (Wildman–Crippen LogP) is 3.06. The van der Waals surface area contributed by atoms with E-state index in [1.807, 2.05) is 26.0 Å². The molecule has 1 aromatic rings. The highest BCUT2D eigenvalue weighted by atomic mass is 16.5. The lowest BCUT2D eigenvalue weighted by Gasteiger charge is -2.14. The Labute approximate surface area is 118 Å². The number of amides is 1. The summed E-state index contributed by atoms with van der Waals surface area (Å²) in [6.07, 6.45) is 1.51. The Morgan fingerprint density at radius 2 is 1.85 bits per heavy atom. The number of unbranched alkanes of at least 4 members (excludes halogenated alkanes) is 1. The summed E-state index contributed by atoms with van der Waals surface area (Å²) < 4.78 is 5.61. The van der Waals surface area contributed by atoms with Gasteiger partial charge in [0.25, 0.3) is 0 Å². The first-order valence-electron chi connectivity index (χ1n) is 6.76. The van der Waals surface area contributed by atoms with E-state index in [4.69, 9.17) is 9.84 Å². The molecule has 0 aliphatic rings. The van der Waals surface area contributed by atoms with Crippen LogP contribution in [0.4, 0.5) is 5.69 Å². The molecule has 110 valence electrons. The average Bonchev–Trinajstić information content (AvgIpc) is 2.36. The minimum atomic E-state index is -0.832. The number of carboxylic acids is 1. The summed E-state index contributed by atoms with van der Waals surface area (Å²) in [5, 5.41) is 11.3. The van der Waals surface area contributed by atoms with Crippen LogP contribution in [0.3, 0.4) is 0 Å². The Kier molecular flexibility index (Phi) is 6.56. The van der Waals surface area contributed by atoms with Crippen LogP contribution in [-0.2, 0) is 9.59 Å². The van der Waals surface area contributed by atoms with Crippen molar-refractivity contribution in [1.29, 1.82) is 0 Å². The van der Waals surface area contributed by atoms with Crippen LogP contribution in [0.2, 0.25) is 0 Å². The van der Waals surface area contributed by atoms with Crippen LogP contribution < -0.4 is 10.1 Å². The van der Waals surface area contributed by atoms with E-state index in [-0.39, 0.29) is 18.4 Å². The molecule has 0 aromatic heterocycles. The quantitative estimate of drug-likeness (QED) is 0.717. The lowest BCUT2D eigenvalue weighted by Crippen LogP contribution is -2.14. The third-order valence-corrected chi connectivity index (χ3v) is 2.57. The van der Waals surface area contributed by atoms with Gasteiger partial charge in [0.2, 0.25) is 5.91 Å². The van der Waals surface area contributed by atoms with E-state index in [1.54, 1.807) is 12.1 Å². The summed E-state index contributed by atoms with van der Waals surface area (Å²) in [5.41, 5.74) is 0.643. The normalized spacial score (nSPS) is 10.3. The number of carbonyl (C=O) groups excluding carboxylic acids is 1. The average molecular weight is 279 g/mol. The van der Waals surface area contributed by atoms with Crippen LogP contribution in [-0.4, -0.2) is 23.1 Å². The zero-order valence-corrected chi connectivity index (χ0v) is 11.9. The second kappa shape index (κ2) is 8.19. The Bertz CT molecular complexity index is 457. The van der Waals surface area contributed by atoms with Gasteiger partial charge in [-0.25, -0.2) is 0 Å². The van der Waals surface area contributed by atoms with Gasteiger partial charge in [0.1, 0.15) is 5.75 Å². The number of para-hydroxylation sites is 2. The molecule has 0 saturated carbocycles. The Balaban J connectivity index is 2.47. The molecule has 0 aliphatic carbocycles. The fraction of sp³-hybridized carbons (Fsp3) is 0.467. The van der Waals surface area contributed by atoms with E-state index in [1.165, 1.54) is 0 Å². The Morgan fingerprint density at radius 1 is 1.20 bits per heavy atom. The molecule has 5 nitrogen and oxygen atoms in total. The monoisotopic (exact) mass is 279 g/mol. The molecule has 0 unspecified atom stereocenters. The third-order valence-electron chi connectivity index (χ3n) is 2.57. The van der Waals surface area contributed by atoms with E-state index < -0.39 is 5.97 Å². The molecule has 0 bridgehead atoms. The Hall–Kier alpha value is -2.04. The number of carboxylic acid groups (broad SMARTS) is 1. The maximum atomic E-state index is 11.8. The van der Waals surface area contributed by atoms with Gasteiger partial charge in [-0.05, 0) is 38.8 Å². The van der Waals surface area contributed by atoms with Crippen molar-refractivity contribution < 1.29 is 19.4 Å². The number of carbonyl (C=O) groups is 2. The van der Waals surface area contributed by atoms with Gasteiger partial charge >= 0.3 is 5.97 Å². The molecular weight excluding hydrogens is 258 g/mol. The van der Waals surface area contributed by atoms with Crippen molar-refractivity contribution in [1.82, 2.24) is 0 Å². The first-order valence-corrected chi connectivity index (χ1v) is 6.76. The lowest BCUT2D eigenvalue weighted by molar-refractivity contribution is -0.137. The minimum absolute atomic E-state index is 0.0311. The van der Waals surface area contributed by atoms with Crippen molar-refractivity contribution in [2.75, 3.05) is 5.32 Å². The maximum absolute atomic E-state index is 11.8. The van der Waals surface area contributed by atoms with Gasteiger partial charge in [0.15, 0.2) is 0 Å². The first-order chi connectivity index (χ1) is 9.49. The van der Waals surface area contributed by atoms with Crippen LogP contribution in [0, 0.1) is 0 Å². The topological polar surface area (TPSA) is 75.6 Å². The van der Waals surface area contributed by atoms with E-state index in [2.05, 4.69) is 5.32 Å². The van der Waals surface area contributed by atoms with Crippen LogP contribution in [0.5, 0.6) is 5.75 Å². The molecule has 1 amide bonds. The van der Waals surface area contributed by atoms with E-state index >= 15 is 0 Å². The van der Waals surface area contributed by atoms with Gasteiger partial charge in [-0.1, -0.05) is 12.1 Å². The summed E-state index contributed by atoms with van der Waals surface area (Å²) in [6.45, 7) is 3.84. The van der Waals surface area contributed by atoms with Crippen molar-refractivity contribution in [3.05, 3.63) is 24.3 Å². The van der Waals surface area contributed by atoms with Crippen molar-refractivity contribution >= 4 is 17.6 Å². The van der Waals surface area contributed by atoms with Crippen molar-refractivity contribution in [3.63, 3.8) is 0 Å². The number of hydrogen-bond acceptors (Lipinski definition) is 3. The summed E-state index contributed by atoms with van der Waals surface area (Å²) in [6, 6.07) is 7.26. The highest BCUT2D eigenvalue weighted by Crippen LogP contribution is 2.25. The molecule has 0 aliphatic heterocycles. The summed E-state index contributed by atoms with van der Waals surface area (Å²) in [5.74, 6) is -0.322. The van der Waals surface area contributed by atoms with Gasteiger partial charge in [0, 0.05) is 12.8 Å². The van der Waals surface area contributed by atoms with Crippen LogP contribution >= 0.6 is 0 Å². The summed E-state index contributed by atoms with van der Waals surface area (Å²) in [4.78, 5) is 22.1. The Morgan fingerprint density at radius 3 is 2.50 bits per heavy atom. The number of anilines is 1. The fourth-order valence-corrected chi connectivity index (χ4v) is 1.70. The molecule has 1 aromatic carbocycles. The van der Waals surface area contributed by atoms with Crippen LogP contribution in [0.25, 0.3) is 0 Å². The molecule has 20 heavy (non-hydrogen) atoms. The SMILES string of the molecule is CC(C)Oc1ccccc1NC(=O)CCCCC(=O)O. The highest BCUT2D eigenvalue weighted by Gasteiger charge is 2.08. The van der Waals surface area contributed by atoms with E-state index in [9.17, 15) is 9.59 Å². The number of rotatable bonds is 8. The summed E-state index contributed by atoms with van der Waals surface area (Å²) in [7, 11) is 0. The largest absolute Gasteiger partial charge is 0.489 e. The second-order valence-electron chi connectivity index (χ2n) is 4.81. The molecular formula is C15H21NO4. The fourth-order valence-electron chi connectivity index (χ4n) is 1.70. The van der Waals surface area contributed by atoms with Gasteiger partial charge in [-0.2, -0.15) is 0 Å². The van der Waals surface area contributed by atoms with Crippen LogP contribution in [0.1, 0.15) is 39.5 Å².